The minimum absolute atomic E-state index is 0.558. The number of piperazine rings is 1. The van der Waals surface area contributed by atoms with Crippen molar-refractivity contribution in [2.75, 3.05) is 41.0 Å². The first-order valence-electron chi connectivity index (χ1n) is 8.43. The van der Waals surface area contributed by atoms with E-state index in [0.717, 1.165) is 30.4 Å². The van der Waals surface area contributed by atoms with Gasteiger partial charge in [-0.1, -0.05) is 6.07 Å². The van der Waals surface area contributed by atoms with Gasteiger partial charge in [-0.15, -0.1) is 0 Å². The average Bonchev–Trinajstić information content (AvgIpc) is 3.01. The summed E-state index contributed by atoms with van der Waals surface area (Å²) in [5, 5.41) is 0. The molecule has 1 aromatic carbocycles. The Bertz CT molecular complexity index is 549. The second-order valence-corrected chi connectivity index (χ2v) is 6.56. The number of fused-ring (bicyclic) bond motifs is 1. The van der Waals surface area contributed by atoms with Crippen LogP contribution in [0.4, 0.5) is 0 Å². The number of rotatable bonds is 5. The van der Waals surface area contributed by atoms with E-state index in [1.165, 1.54) is 25.9 Å². The molecule has 0 aromatic heterocycles. The fourth-order valence-corrected chi connectivity index (χ4v) is 3.97. The van der Waals surface area contributed by atoms with Crippen molar-refractivity contribution in [3.8, 4) is 17.2 Å². The van der Waals surface area contributed by atoms with Crippen LogP contribution in [0.3, 0.4) is 0 Å². The molecule has 2 saturated heterocycles. The molecule has 23 heavy (non-hydrogen) atoms. The lowest BCUT2D eigenvalue weighted by Crippen LogP contribution is -2.54. The van der Waals surface area contributed by atoms with Gasteiger partial charge in [0.1, 0.15) is 0 Å². The molecular weight excluding hydrogens is 292 g/mol. The zero-order valence-corrected chi connectivity index (χ0v) is 14.7. The quantitative estimate of drug-likeness (QED) is 0.832. The lowest BCUT2D eigenvalue weighted by Gasteiger charge is -2.42. The summed E-state index contributed by atoms with van der Waals surface area (Å²) in [6, 6.07) is 5.33. The fourth-order valence-electron chi connectivity index (χ4n) is 3.97. The van der Waals surface area contributed by atoms with Gasteiger partial charge in [-0.3, -0.25) is 9.80 Å². The van der Waals surface area contributed by atoms with Crippen LogP contribution < -0.4 is 14.2 Å². The predicted octanol–water partition coefficient (Wildman–Crippen LogP) is 2.38. The van der Waals surface area contributed by atoms with E-state index in [2.05, 4.69) is 22.8 Å². The first-order chi connectivity index (χ1) is 11.2. The molecule has 1 aromatic rings. The Morgan fingerprint density at radius 2 is 1.83 bits per heavy atom. The molecule has 128 valence electrons. The third kappa shape index (κ3) is 3.12. The van der Waals surface area contributed by atoms with E-state index in [1.54, 1.807) is 21.3 Å². The molecule has 3 rings (SSSR count). The molecule has 0 aliphatic carbocycles. The Hall–Kier alpha value is -1.46. The topological polar surface area (TPSA) is 34.2 Å². The van der Waals surface area contributed by atoms with Crippen molar-refractivity contribution < 1.29 is 14.2 Å². The maximum atomic E-state index is 5.63. The van der Waals surface area contributed by atoms with Gasteiger partial charge >= 0.3 is 0 Å². The van der Waals surface area contributed by atoms with E-state index in [1.807, 2.05) is 6.07 Å². The fraction of sp³-hybridized carbons (Fsp3) is 0.667. The summed E-state index contributed by atoms with van der Waals surface area (Å²) in [4.78, 5) is 5.21. The minimum atomic E-state index is 0.558. The monoisotopic (exact) mass is 320 g/mol. The van der Waals surface area contributed by atoms with Crippen LogP contribution in [-0.2, 0) is 6.54 Å². The van der Waals surface area contributed by atoms with Gasteiger partial charge in [-0.05, 0) is 32.4 Å². The third-order valence-corrected chi connectivity index (χ3v) is 5.23. The van der Waals surface area contributed by atoms with Gasteiger partial charge in [0, 0.05) is 37.3 Å². The number of hydrogen-bond donors (Lipinski definition) is 0. The smallest absolute Gasteiger partial charge is 0.203 e. The minimum Gasteiger partial charge on any atom is -0.493 e. The van der Waals surface area contributed by atoms with Crippen LogP contribution in [-0.4, -0.2) is 62.8 Å². The van der Waals surface area contributed by atoms with Gasteiger partial charge in [0.2, 0.25) is 5.75 Å². The zero-order valence-electron chi connectivity index (χ0n) is 14.7. The van der Waals surface area contributed by atoms with Gasteiger partial charge in [0.15, 0.2) is 11.5 Å². The highest BCUT2D eigenvalue weighted by Gasteiger charge is 2.34. The molecule has 2 fully saturated rings. The summed E-state index contributed by atoms with van der Waals surface area (Å²) in [6.07, 6.45) is 2.66. The van der Waals surface area contributed by atoms with Crippen molar-refractivity contribution in [3.05, 3.63) is 17.7 Å². The van der Waals surface area contributed by atoms with Crippen molar-refractivity contribution in [1.29, 1.82) is 0 Å². The van der Waals surface area contributed by atoms with E-state index in [9.17, 15) is 0 Å². The summed E-state index contributed by atoms with van der Waals surface area (Å²) >= 11 is 0. The van der Waals surface area contributed by atoms with Crippen molar-refractivity contribution in [3.63, 3.8) is 0 Å². The Morgan fingerprint density at radius 1 is 1.04 bits per heavy atom. The Labute approximate surface area is 139 Å². The van der Waals surface area contributed by atoms with Crippen LogP contribution in [0.25, 0.3) is 0 Å². The van der Waals surface area contributed by atoms with Crippen LogP contribution in [0.2, 0.25) is 0 Å². The van der Waals surface area contributed by atoms with Crippen molar-refractivity contribution in [1.82, 2.24) is 9.80 Å². The second-order valence-electron chi connectivity index (χ2n) is 6.56. The molecule has 0 saturated carbocycles. The molecule has 0 radical (unpaired) electrons. The van der Waals surface area contributed by atoms with E-state index in [0.29, 0.717) is 17.5 Å². The number of methoxy groups -OCH3 is 3. The average molecular weight is 320 g/mol. The summed E-state index contributed by atoms with van der Waals surface area (Å²) < 4.78 is 16.5. The maximum absolute atomic E-state index is 5.63. The highest BCUT2D eigenvalue weighted by atomic mass is 16.5. The molecule has 2 aliphatic heterocycles. The van der Waals surface area contributed by atoms with Crippen LogP contribution in [0, 0.1) is 0 Å². The molecule has 5 nitrogen and oxygen atoms in total. The summed E-state index contributed by atoms with van der Waals surface area (Å²) in [5.74, 6) is 2.18. The Kier molecular flexibility index (Phi) is 4.97. The van der Waals surface area contributed by atoms with Crippen molar-refractivity contribution in [2.24, 2.45) is 0 Å². The van der Waals surface area contributed by atoms with Gasteiger partial charge < -0.3 is 14.2 Å². The second kappa shape index (κ2) is 6.97. The molecule has 0 unspecified atom stereocenters. The number of ether oxygens (including phenoxy) is 3. The summed E-state index contributed by atoms with van der Waals surface area (Å²) in [6.45, 7) is 6.78. The molecule has 0 spiro atoms. The molecule has 0 amide bonds. The SMILES string of the molecule is COc1ccc(CN2C[C@@H]3CCCN3C[C@H]2C)c(OC)c1OC. The maximum Gasteiger partial charge on any atom is 0.203 e. The first-order valence-corrected chi connectivity index (χ1v) is 8.43. The van der Waals surface area contributed by atoms with Gasteiger partial charge in [0.25, 0.3) is 0 Å². The van der Waals surface area contributed by atoms with E-state index in [4.69, 9.17) is 14.2 Å². The molecule has 2 aliphatic rings. The largest absolute Gasteiger partial charge is 0.493 e. The lowest BCUT2D eigenvalue weighted by molar-refractivity contribution is 0.0534. The standard InChI is InChI=1S/C18H28N2O3/c1-13-10-19-9-5-6-15(19)12-20(13)11-14-7-8-16(21-2)18(23-4)17(14)22-3/h7-8,13,15H,5-6,9-12H2,1-4H3/t13-,15+/m1/s1. The Balaban J connectivity index is 1.81. The van der Waals surface area contributed by atoms with Crippen molar-refractivity contribution >= 4 is 0 Å². The highest BCUT2D eigenvalue weighted by Crippen LogP contribution is 2.40. The van der Waals surface area contributed by atoms with Crippen LogP contribution in [0.1, 0.15) is 25.3 Å². The van der Waals surface area contributed by atoms with Crippen molar-refractivity contribution in [2.45, 2.75) is 38.4 Å². The summed E-state index contributed by atoms with van der Waals surface area (Å²) in [7, 11) is 5.00. The van der Waals surface area contributed by atoms with E-state index >= 15 is 0 Å². The highest BCUT2D eigenvalue weighted by molar-refractivity contribution is 5.55. The normalized spacial score (nSPS) is 25.2. The van der Waals surface area contributed by atoms with Crippen LogP contribution in [0.5, 0.6) is 17.2 Å². The third-order valence-electron chi connectivity index (χ3n) is 5.23. The number of benzene rings is 1. The van der Waals surface area contributed by atoms with Gasteiger partial charge in [-0.2, -0.15) is 0 Å². The van der Waals surface area contributed by atoms with Crippen LogP contribution >= 0.6 is 0 Å². The molecule has 2 heterocycles. The lowest BCUT2D eigenvalue weighted by atomic mass is 10.1. The van der Waals surface area contributed by atoms with Gasteiger partial charge in [0.05, 0.1) is 21.3 Å². The number of nitrogens with zero attached hydrogens (tertiary/aromatic N) is 2. The molecule has 0 bridgehead atoms. The first kappa shape index (κ1) is 16.4. The van der Waals surface area contributed by atoms with Gasteiger partial charge in [-0.25, -0.2) is 0 Å². The summed E-state index contributed by atoms with van der Waals surface area (Å²) in [5.41, 5.74) is 1.16. The Morgan fingerprint density at radius 3 is 2.52 bits per heavy atom. The molecule has 0 N–H and O–H groups in total. The molecule has 2 atom stereocenters. The van der Waals surface area contributed by atoms with E-state index in [-0.39, 0.29) is 0 Å². The molecule has 5 heteroatoms. The van der Waals surface area contributed by atoms with Crippen LogP contribution in [0.15, 0.2) is 12.1 Å². The zero-order chi connectivity index (χ0) is 16.4. The molecular formula is C18H28N2O3. The van der Waals surface area contributed by atoms with E-state index < -0.39 is 0 Å². The predicted molar refractivity (Wildman–Crippen MR) is 90.6 cm³/mol. The number of hydrogen-bond acceptors (Lipinski definition) is 5.